The molecule has 2 aliphatic carbocycles. The van der Waals surface area contributed by atoms with Crippen molar-refractivity contribution in [3.63, 3.8) is 0 Å². The van der Waals surface area contributed by atoms with Crippen LogP contribution in [0.15, 0.2) is 29.6 Å². The molecule has 0 saturated heterocycles. The number of aliphatic hydroxyl groups excluding tert-OH is 1. The highest BCUT2D eigenvalue weighted by Crippen LogP contribution is 2.25. The van der Waals surface area contributed by atoms with E-state index in [1.807, 2.05) is 0 Å². The average molecular weight is 296 g/mol. The van der Waals surface area contributed by atoms with Gasteiger partial charge < -0.3 is 10.2 Å². The SMILES string of the molecule is O=C1C=CC(=Cc2c(O)nc3nc4c(nn23)CCC4)C=C1O. The van der Waals surface area contributed by atoms with Crippen LogP contribution >= 0.6 is 0 Å². The third-order valence-electron chi connectivity index (χ3n) is 3.75. The maximum Gasteiger partial charge on any atom is 0.254 e. The van der Waals surface area contributed by atoms with E-state index in [4.69, 9.17) is 0 Å². The Balaban J connectivity index is 1.87. The van der Waals surface area contributed by atoms with Gasteiger partial charge in [-0.15, -0.1) is 0 Å². The van der Waals surface area contributed by atoms with Crippen molar-refractivity contribution in [3.8, 4) is 5.88 Å². The molecule has 22 heavy (non-hydrogen) atoms. The number of aliphatic hydroxyl groups is 1. The lowest BCUT2D eigenvalue weighted by molar-refractivity contribution is -0.113. The molecule has 2 aromatic rings. The molecule has 0 radical (unpaired) electrons. The number of ketones is 1. The maximum absolute atomic E-state index is 11.2. The Morgan fingerprint density at radius 3 is 2.77 bits per heavy atom. The van der Waals surface area contributed by atoms with E-state index >= 15 is 0 Å². The first-order valence-corrected chi connectivity index (χ1v) is 6.94. The third-order valence-corrected chi connectivity index (χ3v) is 3.75. The van der Waals surface area contributed by atoms with Gasteiger partial charge in [-0.1, -0.05) is 6.08 Å². The van der Waals surface area contributed by atoms with Crippen molar-refractivity contribution in [1.29, 1.82) is 0 Å². The summed E-state index contributed by atoms with van der Waals surface area (Å²) in [6.45, 7) is 0. The van der Waals surface area contributed by atoms with Crippen LogP contribution in [0.3, 0.4) is 0 Å². The Morgan fingerprint density at radius 1 is 1.14 bits per heavy atom. The van der Waals surface area contributed by atoms with Gasteiger partial charge in [-0.3, -0.25) is 4.79 Å². The number of hydrogen-bond donors (Lipinski definition) is 2. The quantitative estimate of drug-likeness (QED) is 0.822. The van der Waals surface area contributed by atoms with Gasteiger partial charge in [-0.05, 0) is 43.1 Å². The van der Waals surface area contributed by atoms with Gasteiger partial charge in [0.1, 0.15) is 5.69 Å². The van der Waals surface area contributed by atoms with Crippen molar-refractivity contribution in [3.05, 3.63) is 46.6 Å². The van der Waals surface area contributed by atoms with Gasteiger partial charge in [0.15, 0.2) is 5.76 Å². The van der Waals surface area contributed by atoms with Gasteiger partial charge in [0.25, 0.3) is 5.78 Å². The van der Waals surface area contributed by atoms with E-state index in [-0.39, 0.29) is 11.6 Å². The maximum atomic E-state index is 11.2. The van der Waals surface area contributed by atoms with Crippen LogP contribution in [0.4, 0.5) is 0 Å². The Morgan fingerprint density at radius 2 is 1.95 bits per heavy atom. The summed E-state index contributed by atoms with van der Waals surface area (Å²) in [6, 6.07) is 0. The van der Waals surface area contributed by atoms with E-state index in [9.17, 15) is 15.0 Å². The van der Waals surface area contributed by atoms with Crippen LogP contribution in [0, 0.1) is 0 Å². The van der Waals surface area contributed by atoms with E-state index in [1.165, 1.54) is 16.7 Å². The molecule has 2 aromatic heterocycles. The second kappa shape index (κ2) is 4.52. The molecule has 2 aliphatic rings. The zero-order chi connectivity index (χ0) is 15.3. The minimum Gasteiger partial charge on any atom is -0.504 e. The molecule has 0 aliphatic heterocycles. The van der Waals surface area contributed by atoms with Crippen LogP contribution < -0.4 is 0 Å². The lowest BCUT2D eigenvalue weighted by Gasteiger charge is -2.04. The van der Waals surface area contributed by atoms with Crippen molar-refractivity contribution in [2.24, 2.45) is 0 Å². The second-order valence-corrected chi connectivity index (χ2v) is 5.26. The van der Waals surface area contributed by atoms with Crippen LogP contribution in [0.5, 0.6) is 5.88 Å². The number of allylic oxidation sites excluding steroid dienone is 4. The molecular weight excluding hydrogens is 284 g/mol. The van der Waals surface area contributed by atoms with E-state index in [1.54, 1.807) is 12.2 Å². The lowest BCUT2D eigenvalue weighted by atomic mass is 10.1. The Hall–Kier alpha value is -2.96. The number of fused-ring (bicyclic) bond motifs is 2. The van der Waals surface area contributed by atoms with Crippen LogP contribution in [0.25, 0.3) is 11.9 Å². The molecule has 4 rings (SSSR count). The summed E-state index contributed by atoms with van der Waals surface area (Å²) in [5.41, 5.74) is 2.78. The highest BCUT2D eigenvalue weighted by atomic mass is 16.3. The predicted octanol–water partition coefficient (Wildman–Crippen LogP) is 1.28. The summed E-state index contributed by atoms with van der Waals surface area (Å²) in [6.07, 6.45) is 8.53. The molecule has 110 valence electrons. The molecule has 2 heterocycles. The number of aromatic nitrogens is 4. The molecule has 0 spiro atoms. The predicted molar refractivity (Wildman–Crippen MR) is 77.3 cm³/mol. The summed E-state index contributed by atoms with van der Waals surface area (Å²) in [5.74, 6) is -0.630. The first-order valence-electron chi connectivity index (χ1n) is 6.94. The largest absolute Gasteiger partial charge is 0.504 e. The Labute approximate surface area is 124 Å². The summed E-state index contributed by atoms with van der Waals surface area (Å²) >= 11 is 0. The third kappa shape index (κ3) is 1.90. The van der Waals surface area contributed by atoms with Gasteiger partial charge in [-0.25, -0.2) is 4.98 Å². The monoisotopic (exact) mass is 296 g/mol. The van der Waals surface area contributed by atoms with Gasteiger partial charge in [-0.2, -0.15) is 14.6 Å². The number of rotatable bonds is 1. The van der Waals surface area contributed by atoms with Crippen molar-refractivity contribution < 1.29 is 15.0 Å². The number of imidazole rings is 1. The van der Waals surface area contributed by atoms with Crippen LogP contribution in [0.1, 0.15) is 23.5 Å². The molecule has 0 fully saturated rings. The van der Waals surface area contributed by atoms with Gasteiger partial charge >= 0.3 is 0 Å². The Bertz CT molecular complexity index is 905. The fourth-order valence-corrected chi connectivity index (χ4v) is 2.66. The number of nitrogens with zero attached hydrogens (tertiary/aromatic N) is 4. The first kappa shape index (κ1) is 12.8. The molecular formula is C15H12N4O3. The van der Waals surface area contributed by atoms with E-state index < -0.39 is 5.78 Å². The molecule has 0 amide bonds. The summed E-state index contributed by atoms with van der Waals surface area (Å²) < 4.78 is 1.49. The van der Waals surface area contributed by atoms with Gasteiger partial charge in [0.05, 0.1) is 11.4 Å². The first-order chi connectivity index (χ1) is 10.6. The van der Waals surface area contributed by atoms with E-state index in [0.717, 1.165) is 30.7 Å². The van der Waals surface area contributed by atoms with Crippen molar-refractivity contribution in [1.82, 2.24) is 19.6 Å². The molecule has 7 heteroatoms. The van der Waals surface area contributed by atoms with E-state index in [2.05, 4.69) is 15.1 Å². The van der Waals surface area contributed by atoms with Crippen LogP contribution in [0.2, 0.25) is 0 Å². The standard InChI is InChI=1S/C15H12N4O3/c20-12-5-4-8(7-13(12)21)6-11-14(22)17-15-16-9-2-1-3-10(9)18-19(11)15/h4-7,21-22H,1-3H2. The fraction of sp³-hybridized carbons (Fsp3) is 0.200. The number of hydrogen-bond acceptors (Lipinski definition) is 6. The van der Waals surface area contributed by atoms with Gasteiger partial charge in [0.2, 0.25) is 11.7 Å². The smallest absolute Gasteiger partial charge is 0.254 e. The molecule has 0 saturated carbocycles. The summed E-state index contributed by atoms with van der Waals surface area (Å²) in [4.78, 5) is 19.7. The molecule has 0 unspecified atom stereocenters. The van der Waals surface area contributed by atoms with Crippen molar-refractivity contribution >= 4 is 17.6 Å². The van der Waals surface area contributed by atoms with Crippen LogP contribution in [-0.2, 0) is 17.6 Å². The minimum absolute atomic E-state index is 0.186. The molecule has 0 aromatic carbocycles. The van der Waals surface area contributed by atoms with Gasteiger partial charge in [0, 0.05) is 0 Å². The molecule has 2 N–H and O–H groups in total. The highest BCUT2D eigenvalue weighted by molar-refractivity contribution is 6.04. The zero-order valence-corrected chi connectivity index (χ0v) is 11.5. The minimum atomic E-state index is -0.447. The normalized spacial score (nSPS) is 19.0. The number of aromatic hydroxyl groups is 1. The highest BCUT2D eigenvalue weighted by Gasteiger charge is 2.20. The molecule has 0 bridgehead atoms. The summed E-state index contributed by atoms with van der Waals surface area (Å²) in [5, 5.41) is 24.0. The second-order valence-electron chi connectivity index (χ2n) is 5.26. The van der Waals surface area contributed by atoms with Crippen LogP contribution in [-0.4, -0.2) is 35.6 Å². The Kier molecular flexibility index (Phi) is 2.62. The van der Waals surface area contributed by atoms with E-state index in [0.29, 0.717) is 17.0 Å². The van der Waals surface area contributed by atoms with Crippen molar-refractivity contribution in [2.45, 2.75) is 19.3 Å². The number of carbonyl (C=O) groups is 1. The summed E-state index contributed by atoms with van der Waals surface area (Å²) in [7, 11) is 0. The average Bonchev–Trinajstić information content (AvgIpc) is 3.05. The number of aryl methyl sites for hydroxylation is 2. The topological polar surface area (TPSA) is 101 Å². The fourth-order valence-electron chi connectivity index (χ4n) is 2.66. The number of carbonyl (C=O) groups excluding carboxylic acids is 1. The van der Waals surface area contributed by atoms with Crippen molar-refractivity contribution in [2.75, 3.05) is 0 Å². The zero-order valence-electron chi connectivity index (χ0n) is 11.5. The molecule has 7 nitrogen and oxygen atoms in total. The lowest BCUT2D eigenvalue weighted by Crippen LogP contribution is -2.04. The molecule has 0 atom stereocenters.